The van der Waals surface area contributed by atoms with Crippen LogP contribution < -0.4 is 10.6 Å². The summed E-state index contributed by atoms with van der Waals surface area (Å²) in [5.41, 5.74) is -0.776. The summed E-state index contributed by atoms with van der Waals surface area (Å²) in [4.78, 5) is 11.8. The summed E-state index contributed by atoms with van der Waals surface area (Å²) in [6, 6.07) is 3.86. The Bertz CT molecular complexity index is 610. The number of hydrogen-bond acceptors (Lipinski definition) is 5. The number of nitrogens with one attached hydrogen (secondary N) is 2. The number of hydrogen-bond donors (Lipinski definition) is 2. The van der Waals surface area contributed by atoms with Gasteiger partial charge in [0.15, 0.2) is 0 Å². The van der Waals surface area contributed by atoms with Crippen molar-refractivity contribution in [3.63, 3.8) is 0 Å². The van der Waals surface area contributed by atoms with Gasteiger partial charge in [0.2, 0.25) is 0 Å². The van der Waals surface area contributed by atoms with Crippen LogP contribution in [0.25, 0.3) is 0 Å². The molecule has 0 bridgehead atoms. The molecule has 118 valence electrons. The Labute approximate surface area is 130 Å². The van der Waals surface area contributed by atoms with E-state index < -0.39 is 11.7 Å². The summed E-state index contributed by atoms with van der Waals surface area (Å²) in [6.45, 7) is 2.68. The lowest BCUT2D eigenvalue weighted by Crippen LogP contribution is -2.15. The van der Waals surface area contributed by atoms with Gasteiger partial charge in [0.1, 0.15) is 22.6 Å². The summed E-state index contributed by atoms with van der Waals surface area (Å²) < 4.78 is 37.2. The monoisotopic (exact) mass is 331 g/mol. The molecule has 0 saturated carbocycles. The van der Waals surface area contributed by atoms with Gasteiger partial charge in [-0.25, -0.2) is 15.0 Å². The first-order chi connectivity index (χ1) is 10.3. The fraction of sp³-hybridized carbons (Fsp3) is 0.308. The van der Waals surface area contributed by atoms with Crippen LogP contribution in [0.1, 0.15) is 11.4 Å². The maximum Gasteiger partial charge on any atom is 0.417 e. The second-order valence-electron chi connectivity index (χ2n) is 4.41. The van der Waals surface area contributed by atoms with Crippen molar-refractivity contribution in [2.45, 2.75) is 13.1 Å². The normalized spacial score (nSPS) is 11.3. The van der Waals surface area contributed by atoms with Crippen LogP contribution in [0, 0.1) is 6.92 Å². The molecule has 0 amide bonds. The van der Waals surface area contributed by atoms with Crippen LogP contribution in [0.3, 0.4) is 0 Å². The van der Waals surface area contributed by atoms with Crippen molar-refractivity contribution in [2.75, 3.05) is 23.7 Å². The number of rotatable bonds is 5. The number of nitrogens with zero attached hydrogens (tertiary/aromatic N) is 3. The Morgan fingerprint density at radius 2 is 1.77 bits per heavy atom. The van der Waals surface area contributed by atoms with Gasteiger partial charge in [0.05, 0.1) is 5.56 Å². The highest BCUT2D eigenvalue weighted by Gasteiger charge is 2.30. The summed E-state index contributed by atoms with van der Waals surface area (Å²) in [5, 5.41) is 6.27. The molecule has 9 heteroatoms. The van der Waals surface area contributed by atoms with Gasteiger partial charge in [-0.2, -0.15) is 13.2 Å². The molecule has 0 aliphatic heterocycles. The third-order valence-corrected chi connectivity index (χ3v) is 2.83. The first kappa shape index (κ1) is 16.3. The summed E-state index contributed by atoms with van der Waals surface area (Å²) >= 11 is 5.80. The van der Waals surface area contributed by atoms with Crippen LogP contribution in [0.5, 0.6) is 0 Å². The minimum atomic E-state index is -4.38. The Balaban J connectivity index is 1.81. The molecule has 22 heavy (non-hydrogen) atoms. The molecule has 0 fully saturated rings. The Morgan fingerprint density at radius 1 is 1.09 bits per heavy atom. The molecule has 2 aromatic rings. The lowest BCUT2D eigenvalue weighted by Gasteiger charge is -2.10. The molecule has 0 saturated heterocycles. The highest BCUT2D eigenvalue weighted by atomic mass is 35.5. The standard InChI is InChI=1S/C13H13ClF3N5/c1-8-21-10(14)6-12(22-8)19-5-4-18-11-3-2-9(7-20-11)13(15,16)17/h2-3,6-7H,4-5H2,1H3,(H,18,20)(H,19,21,22). The smallest absolute Gasteiger partial charge is 0.368 e. The van der Waals surface area contributed by atoms with Crippen molar-refractivity contribution in [3.05, 3.63) is 40.9 Å². The fourth-order valence-corrected chi connectivity index (χ4v) is 1.89. The molecule has 0 aromatic carbocycles. The third kappa shape index (κ3) is 4.73. The zero-order valence-electron chi connectivity index (χ0n) is 11.6. The van der Waals surface area contributed by atoms with Crippen LogP contribution in [0.4, 0.5) is 24.8 Å². The molecule has 2 rings (SSSR count). The van der Waals surface area contributed by atoms with Crippen molar-refractivity contribution in [3.8, 4) is 0 Å². The van der Waals surface area contributed by atoms with E-state index in [1.807, 2.05) is 0 Å². The highest BCUT2D eigenvalue weighted by Crippen LogP contribution is 2.28. The van der Waals surface area contributed by atoms with E-state index in [9.17, 15) is 13.2 Å². The quantitative estimate of drug-likeness (QED) is 0.649. The van der Waals surface area contributed by atoms with Crippen molar-refractivity contribution < 1.29 is 13.2 Å². The topological polar surface area (TPSA) is 62.7 Å². The minimum absolute atomic E-state index is 0.340. The van der Waals surface area contributed by atoms with Gasteiger partial charge < -0.3 is 10.6 Å². The van der Waals surface area contributed by atoms with Crippen molar-refractivity contribution >= 4 is 23.2 Å². The summed E-state index contributed by atoms with van der Waals surface area (Å²) in [6.07, 6.45) is -3.58. The van der Waals surface area contributed by atoms with Gasteiger partial charge in [-0.05, 0) is 19.1 Å². The van der Waals surface area contributed by atoms with E-state index in [1.54, 1.807) is 13.0 Å². The SMILES string of the molecule is Cc1nc(Cl)cc(NCCNc2ccc(C(F)(F)F)cn2)n1. The fourth-order valence-electron chi connectivity index (χ4n) is 1.67. The second kappa shape index (κ2) is 6.78. The number of pyridine rings is 1. The Morgan fingerprint density at radius 3 is 2.32 bits per heavy atom. The number of alkyl halides is 3. The first-order valence-corrected chi connectivity index (χ1v) is 6.74. The average molecular weight is 332 g/mol. The van der Waals surface area contributed by atoms with Crippen molar-refractivity contribution in [1.82, 2.24) is 15.0 Å². The second-order valence-corrected chi connectivity index (χ2v) is 4.79. The number of halogens is 4. The molecule has 2 aromatic heterocycles. The highest BCUT2D eigenvalue weighted by molar-refractivity contribution is 6.29. The Kier molecular flexibility index (Phi) is 5.02. The molecule has 0 aliphatic rings. The molecular weight excluding hydrogens is 319 g/mol. The zero-order chi connectivity index (χ0) is 16.2. The first-order valence-electron chi connectivity index (χ1n) is 6.37. The average Bonchev–Trinajstić information content (AvgIpc) is 2.42. The van der Waals surface area contributed by atoms with Gasteiger partial charge in [0.25, 0.3) is 0 Å². The molecule has 0 aliphatic carbocycles. The third-order valence-electron chi connectivity index (χ3n) is 2.63. The van der Waals surface area contributed by atoms with Crippen LogP contribution in [-0.4, -0.2) is 28.0 Å². The number of aromatic nitrogens is 3. The lowest BCUT2D eigenvalue weighted by atomic mass is 10.3. The number of anilines is 2. The molecule has 0 unspecified atom stereocenters. The molecule has 2 heterocycles. The van der Waals surface area contributed by atoms with E-state index in [0.29, 0.717) is 35.7 Å². The molecular formula is C13H13ClF3N5. The van der Waals surface area contributed by atoms with Crippen molar-refractivity contribution in [1.29, 1.82) is 0 Å². The molecule has 2 N–H and O–H groups in total. The number of aryl methyl sites for hydroxylation is 1. The van der Waals surface area contributed by atoms with Gasteiger partial charge in [-0.15, -0.1) is 0 Å². The molecule has 0 radical (unpaired) electrons. The summed E-state index contributed by atoms with van der Waals surface area (Å²) in [7, 11) is 0. The van der Waals surface area contributed by atoms with Gasteiger partial charge in [-0.1, -0.05) is 11.6 Å². The predicted molar refractivity (Wildman–Crippen MR) is 78.0 cm³/mol. The van der Waals surface area contributed by atoms with E-state index in [4.69, 9.17) is 11.6 Å². The zero-order valence-corrected chi connectivity index (χ0v) is 12.3. The lowest BCUT2D eigenvalue weighted by molar-refractivity contribution is -0.137. The largest absolute Gasteiger partial charge is 0.417 e. The van der Waals surface area contributed by atoms with E-state index in [2.05, 4.69) is 25.6 Å². The molecule has 5 nitrogen and oxygen atoms in total. The van der Waals surface area contributed by atoms with Crippen LogP contribution in [0.2, 0.25) is 5.15 Å². The minimum Gasteiger partial charge on any atom is -0.368 e. The molecule has 0 spiro atoms. The van der Waals surface area contributed by atoms with Crippen LogP contribution in [0.15, 0.2) is 24.4 Å². The van der Waals surface area contributed by atoms with Gasteiger partial charge >= 0.3 is 6.18 Å². The maximum atomic E-state index is 12.4. The summed E-state index contributed by atoms with van der Waals surface area (Å²) in [5.74, 6) is 1.50. The van der Waals surface area contributed by atoms with Gasteiger partial charge in [0, 0.05) is 25.4 Å². The van der Waals surface area contributed by atoms with Crippen LogP contribution in [-0.2, 0) is 6.18 Å². The van der Waals surface area contributed by atoms with E-state index in [-0.39, 0.29) is 0 Å². The predicted octanol–water partition coefficient (Wildman–Crippen LogP) is 3.38. The van der Waals surface area contributed by atoms with E-state index in [1.165, 1.54) is 6.07 Å². The van der Waals surface area contributed by atoms with E-state index >= 15 is 0 Å². The van der Waals surface area contributed by atoms with E-state index in [0.717, 1.165) is 12.3 Å². The Hall–Kier alpha value is -2.09. The molecule has 0 atom stereocenters. The van der Waals surface area contributed by atoms with Gasteiger partial charge in [-0.3, -0.25) is 0 Å². The van der Waals surface area contributed by atoms with Crippen LogP contribution >= 0.6 is 11.6 Å². The maximum absolute atomic E-state index is 12.4. The van der Waals surface area contributed by atoms with Crippen molar-refractivity contribution in [2.24, 2.45) is 0 Å².